The molecule has 0 amide bonds. The van der Waals surface area contributed by atoms with Crippen molar-refractivity contribution < 1.29 is 4.43 Å². The van der Waals surface area contributed by atoms with Gasteiger partial charge in [0.1, 0.15) is 7.85 Å². The lowest BCUT2D eigenvalue weighted by Crippen LogP contribution is -2.35. The van der Waals surface area contributed by atoms with E-state index in [1.54, 1.807) is 0 Å². The van der Waals surface area contributed by atoms with Gasteiger partial charge >= 0.3 is 0 Å². The highest BCUT2D eigenvalue weighted by atomic mass is 28.4. The third-order valence-corrected chi connectivity index (χ3v) is 7.30. The molecule has 0 bridgehead atoms. The second-order valence-electron chi connectivity index (χ2n) is 3.12. The average molecular weight is 184 g/mol. The van der Waals surface area contributed by atoms with Crippen LogP contribution in [0.3, 0.4) is 0 Å². The molecule has 0 atom stereocenters. The Morgan fingerprint density at radius 2 is 1.67 bits per heavy atom. The summed E-state index contributed by atoms with van der Waals surface area (Å²) in [6.45, 7) is 7.59. The summed E-state index contributed by atoms with van der Waals surface area (Å²) in [5.74, 6) is 2.06. The average Bonchev–Trinajstić information content (AvgIpc) is 2.14. The molecule has 0 aliphatic heterocycles. The molecule has 0 spiro atoms. The molecule has 0 rings (SSSR count). The zero-order chi connectivity index (χ0) is 9.45. The summed E-state index contributed by atoms with van der Waals surface area (Å²) in [4.78, 5) is 0. The Morgan fingerprint density at radius 3 is 2.00 bits per heavy atom. The monoisotopic (exact) mass is 184 g/mol. The van der Waals surface area contributed by atoms with E-state index >= 15 is 0 Å². The van der Waals surface area contributed by atoms with Gasteiger partial charge in [0.15, 0.2) is 8.32 Å². The predicted molar refractivity (Wildman–Crippen MR) is 60.8 cm³/mol. The molecule has 0 aromatic carbocycles. The zero-order valence-electron chi connectivity index (χ0n) is 8.89. The van der Waals surface area contributed by atoms with Crippen molar-refractivity contribution in [3.05, 3.63) is 12.1 Å². The molecule has 1 nitrogen and oxygen atoms in total. The Hall–Kier alpha value is -0.0182. The molecule has 0 radical (unpaired) electrons. The standard InChI is InChI=1S/C9H21BOSi/c1-4-12(5-2,6-3)11-9-7-8-10/h7-8H,4-6,9-10H2,1-3H3/b8-7+. The SMILES string of the molecule is B/C=C/CO[Si](CC)(CC)CC. The normalized spacial score (nSPS) is 12.6. The molecule has 0 aromatic heterocycles. The minimum atomic E-state index is -1.31. The van der Waals surface area contributed by atoms with E-state index in [2.05, 4.69) is 32.8 Å². The molecule has 12 heavy (non-hydrogen) atoms. The van der Waals surface area contributed by atoms with Crippen molar-refractivity contribution in [2.24, 2.45) is 0 Å². The summed E-state index contributed by atoms with van der Waals surface area (Å²) in [5.41, 5.74) is 0. The fourth-order valence-electron chi connectivity index (χ4n) is 1.38. The van der Waals surface area contributed by atoms with Gasteiger partial charge in [-0.1, -0.05) is 26.8 Å². The topological polar surface area (TPSA) is 9.23 Å². The van der Waals surface area contributed by atoms with E-state index in [0.29, 0.717) is 0 Å². The van der Waals surface area contributed by atoms with Gasteiger partial charge in [0.2, 0.25) is 0 Å². The lowest BCUT2D eigenvalue weighted by molar-refractivity contribution is 0.343. The number of rotatable bonds is 6. The third kappa shape index (κ3) is 3.59. The Morgan fingerprint density at radius 1 is 1.17 bits per heavy atom. The highest BCUT2D eigenvalue weighted by Gasteiger charge is 2.27. The van der Waals surface area contributed by atoms with Crippen LogP contribution >= 0.6 is 0 Å². The fraction of sp³-hybridized carbons (Fsp3) is 0.778. The van der Waals surface area contributed by atoms with Crippen LogP contribution in [0.15, 0.2) is 12.1 Å². The zero-order valence-corrected chi connectivity index (χ0v) is 9.89. The van der Waals surface area contributed by atoms with Crippen molar-refractivity contribution in [2.75, 3.05) is 6.61 Å². The van der Waals surface area contributed by atoms with Crippen molar-refractivity contribution in [2.45, 2.75) is 38.9 Å². The Bertz CT molecular complexity index is 124. The van der Waals surface area contributed by atoms with E-state index in [9.17, 15) is 0 Å². The largest absolute Gasteiger partial charge is 0.413 e. The molecule has 3 heteroatoms. The molecule has 0 aromatic rings. The van der Waals surface area contributed by atoms with E-state index in [-0.39, 0.29) is 0 Å². The molecule has 0 fully saturated rings. The summed E-state index contributed by atoms with van der Waals surface area (Å²) < 4.78 is 5.97. The Kier molecular flexibility index (Phi) is 6.48. The van der Waals surface area contributed by atoms with Crippen LogP contribution in [-0.2, 0) is 4.43 Å². The molecule has 0 aliphatic carbocycles. The quantitative estimate of drug-likeness (QED) is 0.575. The van der Waals surface area contributed by atoms with E-state index in [4.69, 9.17) is 4.43 Å². The maximum Gasteiger partial charge on any atom is 0.192 e. The van der Waals surface area contributed by atoms with Gasteiger partial charge < -0.3 is 4.43 Å². The van der Waals surface area contributed by atoms with Crippen molar-refractivity contribution >= 4 is 16.2 Å². The Balaban J connectivity index is 3.92. The Labute approximate surface area is 78.7 Å². The molecule has 0 saturated heterocycles. The van der Waals surface area contributed by atoms with E-state index in [1.807, 2.05) is 7.85 Å². The summed E-state index contributed by atoms with van der Waals surface area (Å²) in [5, 5.41) is 0. The summed E-state index contributed by atoms with van der Waals surface area (Å²) >= 11 is 0. The fourth-order valence-corrected chi connectivity index (χ4v) is 3.94. The molecular weight excluding hydrogens is 163 g/mol. The molecule has 0 saturated carbocycles. The van der Waals surface area contributed by atoms with Crippen LogP contribution in [0, 0.1) is 0 Å². The first-order chi connectivity index (χ1) is 5.74. The maximum absolute atomic E-state index is 5.97. The van der Waals surface area contributed by atoms with E-state index in [0.717, 1.165) is 6.61 Å². The summed E-state index contributed by atoms with van der Waals surface area (Å²) in [7, 11) is 0.732. The van der Waals surface area contributed by atoms with Crippen LogP contribution in [-0.4, -0.2) is 22.8 Å². The van der Waals surface area contributed by atoms with Crippen LogP contribution in [0.5, 0.6) is 0 Å². The summed E-state index contributed by atoms with van der Waals surface area (Å²) in [6, 6.07) is 3.74. The van der Waals surface area contributed by atoms with Crippen LogP contribution in [0.4, 0.5) is 0 Å². The molecule has 0 unspecified atom stereocenters. The van der Waals surface area contributed by atoms with Crippen LogP contribution < -0.4 is 0 Å². The van der Waals surface area contributed by atoms with Crippen LogP contribution in [0.25, 0.3) is 0 Å². The summed E-state index contributed by atoms with van der Waals surface area (Å²) in [6.07, 6.45) is 2.10. The molecule has 0 heterocycles. The molecule has 70 valence electrons. The first-order valence-corrected chi connectivity index (χ1v) is 7.52. The smallest absolute Gasteiger partial charge is 0.192 e. The van der Waals surface area contributed by atoms with Gasteiger partial charge in [-0.15, -0.1) is 5.98 Å². The lowest BCUT2D eigenvalue weighted by Gasteiger charge is -2.27. The lowest BCUT2D eigenvalue weighted by atomic mass is 10.1. The minimum Gasteiger partial charge on any atom is -0.413 e. The van der Waals surface area contributed by atoms with E-state index in [1.165, 1.54) is 18.1 Å². The predicted octanol–water partition coefficient (Wildman–Crippen LogP) is 2.16. The molecular formula is C9H21BOSi. The van der Waals surface area contributed by atoms with Crippen LogP contribution in [0.2, 0.25) is 18.1 Å². The molecule has 0 aliphatic rings. The van der Waals surface area contributed by atoms with Gasteiger partial charge in [0, 0.05) is 0 Å². The maximum atomic E-state index is 5.97. The van der Waals surface area contributed by atoms with E-state index < -0.39 is 8.32 Å². The number of hydrogen-bond acceptors (Lipinski definition) is 1. The van der Waals surface area contributed by atoms with Gasteiger partial charge in [-0.3, -0.25) is 0 Å². The van der Waals surface area contributed by atoms with Crippen molar-refractivity contribution in [3.8, 4) is 0 Å². The van der Waals surface area contributed by atoms with Gasteiger partial charge in [0.05, 0.1) is 6.61 Å². The number of hydrogen-bond donors (Lipinski definition) is 0. The molecule has 0 N–H and O–H groups in total. The minimum absolute atomic E-state index is 0.818. The van der Waals surface area contributed by atoms with Gasteiger partial charge in [-0.05, 0) is 18.1 Å². The van der Waals surface area contributed by atoms with Crippen molar-refractivity contribution in [1.82, 2.24) is 0 Å². The van der Waals surface area contributed by atoms with Crippen molar-refractivity contribution in [3.63, 3.8) is 0 Å². The third-order valence-electron chi connectivity index (χ3n) is 2.65. The second-order valence-corrected chi connectivity index (χ2v) is 7.90. The van der Waals surface area contributed by atoms with Crippen molar-refractivity contribution in [1.29, 1.82) is 0 Å². The van der Waals surface area contributed by atoms with Gasteiger partial charge in [0.25, 0.3) is 0 Å². The first-order valence-electron chi connectivity index (χ1n) is 4.99. The van der Waals surface area contributed by atoms with Gasteiger partial charge in [-0.2, -0.15) is 0 Å². The van der Waals surface area contributed by atoms with Gasteiger partial charge in [-0.25, -0.2) is 0 Å². The second kappa shape index (κ2) is 6.49. The highest BCUT2D eigenvalue weighted by Crippen LogP contribution is 2.21. The highest BCUT2D eigenvalue weighted by molar-refractivity contribution is 6.73. The first kappa shape index (κ1) is 12.0. The van der Waals surface area contributed by atoms with Crippen LogP contribution in [0.1, 0.15) is 20.8 Å².